The molecule has 0 unspecified atom stereocenters. The number of benzene rings is 2. The third kappa shape index (κ3) is 3.83. The zero-order valence-corrected chi connectivity index (χ0v) is 11.3. The van der Waals surface area contributed by atoms with Gasteiger partial charge in [-0.1, -0.05) is 59.8 Å². The summed E-state index contributed by atoms with van der Waals surface area (Å²) >= 11 is 0. The molecule has 104 valence electrons. The fraction of sp³-hybridized carbons (Fsp3) is 0.188. The Morgan fingerprint density at radius 3 is 2.50 bits per heavy atom. The maximum absolute atomic E-state index is 8.78. The van der Waals surface area contributed by atoms with E-state index in [4.69, 9.17) is 10.9 Å². The first kappa shape index (κ1) is 14.1. The molecule has 0 bridgehead atoms. The van der Waals surface area contributed by atoms with E-state index in [1.54, 1.807) is 0 Å². The van der Waals surface area contributed by atoms with Gasteiger partial charge in [0.25, 0.3) is 0 Å². The van der Waals surface area contributed by atoms with Crippen LogP contribution >= 0.6 is 0 Å². The lowest BCUT2D eigenvalue weighted by Gasteiger charge is -2.09. The van der Waals surface area contributed by atoms with E-state index >= 15 is 0 Å². The van der Waals surface area contributed by atoms with E-state index < -0.39 is 0 Å². The van der Waals surface area contributed by atoms with Gasteiger partial charge < -0.3 is 16.3 Å². The zero-order chi connectivity index (χ0) is 14.2. The van der Waals surface area contributed by atoms with Crippen molar-refractivity contribution >= 4 is 5.84 Å². The molecule has 0 aliphatic carbocycles. The summed E-state index contributed by atoms with van der Waals surface area (Å²) < 4.78 is 0. The van der Waals surface area contributed by atoms with Crippen LogP contribution in [0, 0.1) is 0 Å². The highest BCUT2D eigenvalue weighted by Gasteiger charge is 2.05. The minimum atomic E-state index is 0.144. The van der Waals surface area contributed by atoms with Crippen molar-refractivity contribution in [1.29, 1.82) is 0 Å². The van der Waals surface area contributed by atoms with Crippen molar-refractivity contribution in [2.45, 2.75) is 13.0 Å². The molecule has 0 aliphatic heterocycles. The van der Waals surface area contributed by atoms with Crippen molar-refractivity contribution in [1.82, 2.24) is 5.32 Å². The van der Waals surface area contributed by atoms with Gasteiger partial charge in [-0.2, -0.15) is 0 Å². The molecular formula is C16H19N3O. The lowest BCUT2D eigenvalue weighted by atomic mass is 10.1. The van der Waals surface area contributed by atoms with E-state index in [0.29, 0.717) is 6.54 Å². The molecule has 0 heterocycles. The number of rotatable bonds is 6. The van der Waals surface area contributed by atoms with Gasteiger partial charge in [0.2, 0.25) is 0 Å². The van der Waals surface area contributed by atoms with Crippen LogP contribution in [0.25, 0.3) is 0 Å². The van der Waals surface area contributed by atoms with Crippen LogP contribution in [0.3, 0.4) is 0 Å². The average molecular weight is 269 g/mol. The maximum atomic E-state index is 8.78. The van der Waals surface area contributed by atoms with Crippen molar-refractivity contribution in [2.75, 3.05) is 6.54 Å². The van der Waals surface area contributed by atoms with Crippen molar-refractivity contribution < 1.29 is 5.21 Å². The van der Waals surface area contributed by atoms with Gasteiger partial charge in [-0.05, 0) is 24.1 Å². The Morgan fingerprint density at radius 1 is 1.05 bits per heavy atom. The van der Waals surface area contributed by atoms with Crippen LogP contribution in [0.4, 0.5) is 0 Å². The molecule has 0 amide bonds. The van der Waals surface area contributed by atoms with Crippen molar-refractivity contribution in [2.24, 2.45) is 10.9 Å². The highest BCUT2D eigenvalue weighted by Crippen LogP contribution is 2.08. The fourth-order valence-corrected chi connectivity index (χ4v) is 2.08. The Balaban J connectivity index is 1.88. The molecule has 0 saturated heterocycles. The Labute approximate surface area is 118 Å². The Kier molecular flexibility index (Phi) is 5.15. The highest BCUT2D eigenvalue weighted by atomic mass is 16.4. The SMILES string of the molecule is NC(=NO)c1ccccc1CNCCc1ccccc1. The van der Waals surface area contributed by atoms with Gasteiger partial charge in [0.05, 0.1) is 0 Å². The number of hydrogen-bond acceptors (Lipinski definition) is 3. The number of nitrogens with one attached hydrogen (secondary N) is 1. The van der Waals surface area contributed by atoms with Crippen molar-refractivity contribution in [3.8, 4) is 0 Å². The predicted octanol–water partition coefficient (Wildman–Crippen LogP) is 2.11. The quantitative estimate of drug-likeness (QED) is 0.247. The summed E-state index contributed by atoms with van der Waals surface area (Å²) in [6.07, 6.45) is 0.979. The molecule has 0 atom stereocenters. The van der Waals surface area contributed by atoms with Gasteiger partial charge in [-0.25, -0.2) is 0 Å². The van der Waals surface area contributed by atoms with E-state index in [-0.39, 0.29) is 5.84 Å². The largest absolute Gasteiger partial charge is 0.409 e. The van der Waals surface area contributed by atoms with Gasteiger partial charge in [0, 0.05) is 12.1 Å². The summed E-state index contributed by atoms with van der Waals surface area (Å²) in [5.41, 5.74) is 8.76. The predicted molar refractivity (Wildman–Crippen MR) is 80.8 cm³/mol. The molecule has 0 saturated carbocycles. The molecule has 0 radical (unpaired) electrons. The number of nitrogens with zero attached hydrogens (tertiary/aromatic N) is 1. The van der Waals surface area contributed by atoms with Crippen LogP contribution in [-0.2, 0) is 13.0 Å². The van der Waals surface area contributed by atoms with Crippen molar-refractivity contribution in [3.05, 3.63) is 71.3 Å². The number of amidine groups is 1. The summed E-state index contributed by atoms with van der Waals surface area (Å²) in [7, 11) is 0. The van der Waals surface area contributed by atoms with E-state index in [9.17, 15) is 0 Å². The third-order valence-corrected chi connectivity index (χ3v) is 3.15. The monoisotopic (exact) mass is 269 g/mol. The molecule has 2 aromatic rings. The second kappa shape index (κ2) is 7.31. The first-order valence-electron chi connectivity index (χ1n) is 6.61. The molecule has 0 aromatic heterocycles. The van der Waals surface area contributed by atoms with Crippen LogP contribution in [0.2, 0.25) is 0 Å². The number of hydrogen-bond donors (Lipinski definition) is 3. The van der Waals surface area contributed by atoms with Gasteiger partial charge >= 0.3 is 0 Å². The Bertz CT molecular complexity index is 567. The number of oxime groups is 1. The van der Waals surface area contributed by atoms with Crippen LogP contribution in [0.1, 0.15) is 16.7 Å². The fourth-order valence-electron chi connectivity index (χ4n) is 2.08. The molecule has 2 rings (SSSR count). The van der Waals surface area contributed by atoms with Crippen LogP contribution in [0.15, 0.2) is 59.8 Å². The molecule has 0 aliphatic rings. The van der Waals surface area contributed by atoms with Gasteiger partial charge in [-0.3, -0.25) is 0 Å². The normalized spacial score (nSPS) is 11.5. The summed E-state index contributed by atoms with van der Waals surface area (Å²) in [6, 6.07) is 18.0. The standard InChI is InChI=1S/C16H19N3O/c17-16(19-20)15-9-5-4-8-14(15)12-18-11-10-13-6-2-1-3-7-13/h1-9,18,20H,10-12H2,(H2,17,19). The van der Waals surface area contributed by atoms with Crippen molar-refractivity contribution in [3.63, 3.8) is 0 Å². The topological polar surface area (TPSA) is 70.6 Å². The molecule has 0 spiro atoms. The third-order valence-electron chi connectivity index (χ3n) is 3.15. The second-order valence-corrected chi connectivity index (χ2v) is 4.55. The summed E-state index contributed by atoms with van der Waals surface area (Å²) in [6.45, 7) is 1.58. The number of nitrogens with two attached hydrogens (primary N) is 1. The van der Waals surface area contributed by atoms with Gasteiger partial charge in [0.1, 0.15) is 0 Å². The Hall–Kier alpha value is -2.33. The minimum absolute atomic E-state index is 0.144. The molecule has 4 heteroatoms. The lowest BCUT2D eigenvalue weighted by Crippen LogP contribution is -2.21. The first-order chi connectivity index (χ1) is 9.81. The maximum Gasteiger partial charge on any atom is 0.170 e. The molecule has 20 heavy (non-hydrogen) atoms. The summed E-state index contributed by atoms with van der Waals surface area (Å²) in [5, 5.41) is 15.2. The van der Waals surface area contributed by atoms with E-state index in [2.05, 4.69) is 22.6 Å². The van der Waals surface area contributed by atoms with E-state index in [1.165, 1.54) is 5.56 Å². The molecule has 2 aromatic carbocycles. The summed E-state index contributed by atoms with van der Waals surface area (Å²) in [4.78, 5) is 0. The smallest absolute Gasteiger partial charge is 0.170 e. The lowest BCUT2D eigenvalue weighted by molar-refractivity contribution is 0.318. The van der Waals surface area contributed by atoms with Gasteiger partial charge in [0.15, 0.2) is 5.84 Å². The second-order valence-electron chi connectivity index (χ2n) is 4.55. The molecule has 4 N–H and O–H groups in total. The molecular weight excluding hydrogens is 250 g/mol. The van der Waals surface area contributed by atoms with Crippen LogP contribution in [0.5, 0.6) is 0 Å². The zero-order valence-electron chi connectivity index (χ0n) is 11.3. The Morgan fingerprint density at radius 2 is 1.75 bits per heavy atom. The molecule has 0 fully saturated rings. The van der Waals surface area contributed by atoms with Gasteiger partial charge in [-0.15, -0.1) is 0 Å². The summed E-state index contributed by atoms with van der Waals surface area (Å²) in [5.74, 6) is 0.144. The first-order valence-corrected chi connectivity index (χ1v) is 6.61. The molecule has 4 nitrogen and oxygen atoms in total. The van der Waals surface area contributed by atoms with E-state index in [1.807, 2.05) is 42.5 Å². The van der Waals surface area contributed by atoms with Crippen LogP contribution < -0.4 is 11.1 Å². The average Bonchev–Trinajstić information content (AvgIpc) is 2.52. The minimum Gasteiger partial charge on any atom is -0.409 e. The van der Waals surface area contributed by atoms with E-state index in [0.717, 1.165) is 24.1 Å². The highest BCUT2D eigenvalue weighted by molar-refractivity contribution is 5.98. The van der Waals surface area contributed by atoms with Crippen LogP contribution in [-0.4, -0.2) is 17.6 Å².